The molecule has 7 rings (SSSR count). The third-order valence-electron chi connectivity index (χ3n) is 9.87. The van der Waals surface area contributed by atoms with E-state index in [4.69, 9.17) is 0 Å². The molecule has 0 aliphatic heterocycles. The van der Waals surface area contributed by atoms with Crippen molar-refractivity contribution in [3.63, 3.8) is 0 Å². The van der Waals surface area contributed by atoms with Crippen molar-refractivity contribution in [2.45, 2.75) is 18.4 Å². The van der Waals surface area contributed by atoms with Crippen molar-refractivity contribution in [1.29, 1.82) is 0 Å². The minimum absolute atomic E-state index is 0.0699. The fraction of sp³-hybridized carbons (Fsp3) is 0.0698. The van der Waals surface area contributed by atoms with Gasteiger partial charge in [-0.3, -0.25) is 0 Å². The van der Waals surface area contributed by atoms with Gasteiger partial charge in [0, 0.05) is 0 Å². The summed E-state index contributed by atoms with van der Waals surface area (Å²) in [5.41, 5.74) is 0. The molecule has 0 fully saturated rings. The summed E-state index contributed by atoms with van der Waals surface area (Å²) in [4.78, 5) is 0. The molecule has 0 amide bonds. The van der Waals surface area contributed by atoms with Crippen LogP contribution < -0.4 is 36.3 Å². The fourth-order valence-corrected chi connectivity index (χ4v) is 18.7. The van der Waals surface area contributed by atoms with E-state index in [1.807, 2.05) is 0 Å². The van der Waals surface area contributed by atoms with Gasteiger partial charge in [-0.15, -0.1) is 0 Å². The molecular formula is C43H38Si2. The highest BCUT2D eigenvalue weighted by molar-refractivity contribution is 7.20. The van der Waals surface area contributed by atoms with Crippen molar-refractivity contribution in [3.05, 3.63) is 200 Å². The highest BCUT2D eigenvalue weighted by atomic mass is 28.3. The van der Waals surface area contributed by atoms with Gasteiger partial charge in [-0.1, -0.05) is 207 Å². The smallest absolute Gasteiger partial charge is 0.0839 e. The molecule has 1 aliphatic carbocycles. The number of rotatable bonds is 8. The van der Waals surface area contributed by atoms with E-state index in [0.29, 0.717) is 0 Å². The van der Waals surface area contributed by atoms with Gasteiger partial charge in [0.15, 0.2) is 16.1 Å². The van der Waals surface area contributed by atoms with E-state index in [0.717, 1.165) is 6.42 Å². The van der Waals surface area contributed by atoms with Crippen molar-refractivity contribution in [3.8, 4) is 0 Å². The standard InChI is InChI=1S/C43H38Si2/c1-43(33-18-7-19-34-43)45(39-27-14-5-15-28-39,40-29-16-6-17-30-40)42-32-20-31-41(35-42)44(36-21-8-2-9-22-36,37-23-10-3-11-24-37)38-25-12-4-13-26-38/h2-33,35H,34H2,1H3. The minimum atomic E-state index is -2.70. The van der Waals surface area contributed by atoms with Gasteiger partial charge < -0.3 is 0 Å². The molecule has 1 aliphatic rings. The number of hydrogen-bond donors (Lipinski definition) is 0. The normalized spacial score (nSPS) is 16.4. The van der Waals surface area contributed by atoms with Gasteiger partial charge in [-0.05, 0) is 47.8 Å². The Morgan fingerprint density at radius 1 is 0.400 bits per heavy atom. The van der Waals surface area contributed by atoms with E-state index in [2.05, 4.69) is 207 Å². The van der Waals surface area contributed by atoms with E-state index in [9.17, 15) is 0 Å². The van der Waals surface area contributed by atoms with Crippen LogP contribution in [0.2, 0.25) is 5.04 Å². The average molecular weight is 611 g/mol. The van der Waals surface area contributed by atoms with E-state index < -0.39 is 16.1 Å². The summed E-state index contributed by atoms with van der Waals surface area (Å²) >= 11 is 0. The lowest BCUT2D eigenvalue weighted by Crippen LogP contribution is -2.77. The predicted octanol–water partition coefficient (Wildman–Crippen LogP) is 5.81. The second kappa shape index (κ2) is 12.3. The predicted molar refractivity (Wildman–Crippen MR) is 199 cm³/mol. The molecule has 0 saturated heterocycles. The van der Waals surface area contributed by atoms with E-state index in [1.54, 1.807) is 0 Å². The second-order valence-corrected chi connectivity index (χ2v) is 20.5. The van der Waals surface area contributed by atoms with E-state index in [1.165, 1.54) is 36.3 Å². The highest BCUT2D eigenvalue weighted by Gasteiger charge is 2.53. The molecule has 0 N–H and O–H groups in total. The van der Waals surface area contributed by atoms with Crippen LogP contribution in [0, 0.1) is 0 Å². The first kappa shape index (κ1) is 29.0. The molecule has 0 heterocycles. The van der Waals surface area contributed by atoms with Crippen molar-refractivity contribution in [2.24, 2.45) is 0 Å². The first-order chi connectivity index (χ1) is 22.2. The SMILES string of the molecule is CC1([Si](c2ccccc2)(c2ccccc2)c2cccc([Si](c3ccccc3)(c3ccccc3)c3ccccc3)c2)C=CC=CC1. The Morgan fingerprint density at radius 3 is 1.18 bits per heavy atom. The molecule has 0 aromatic heterocycles. The van der Waals surface area contributed by atoms with E-state index >= 15 is 0 Å². The molecule has 0 saturated carbocycles. The molecule has 6 aromatic rings. The molecule has 1 atom stereocenters. The van der Waals surface area contributed by atoms with E-state index in [-0.39, 0.29) is 5.04 Å². The molecule has 0 radical (unpaired) electrons. The first-order valence-electron chi connectivity index (χ1n) is 15.9. The lowest BCUT2D eigenvalue weighted by atomic mass is 10.0. The molecular weight excluding hydrogens is 573 g/mol. The molecule has 0 spiro atoms. The Balaban J connectivity index is 1.61. The minimum Gasteiger partial charge on any atom is -0.0839 e. The van der Waals surface area contributed by atoms with Crippen LogP contribution in [0.15, 0.2) is 200 Å². The Labute approximate surface area is 270 Å². The van der Waals surface area contributed by atoms with Gasteiger partial charge >= 0.3 is 0 Å². The molecule has 6 aromatic carbocycles. The zero-order chi connectivity index (χ0) is 30.6. The van der Waals surface area contributed by atoms with Gasteiger partial charge in [0.1, 0.15) is 0 Å². The Hall–Kier alpha value is -4.77. The molecule has 45 heavy (non-hydrogen) atoms. The summed E-state index contributed by atoms with van der Waals surface area (Å²) in [7, 11) is -5.37. The third kappa shape index (κ3) is 4.82. The van der Waals surface area contributed by atoms with Crippen LogP contribution in [0.4, 0.5) is 0 Å². The van der Waals surface area contributed by atoms with Gasteiger partial charge in [0.25, 0.3) is 0 Å². The van der Waals surface area contributed by atoms with Crippen molar-refractivity contribution >= 4 is 52.5 Å². The molecule has 218 valence electrons. The van der Waals surface area contributed by atoms with Crippen LogP contribution in [0.3, 0.4) is 0 Å². The monoisotopic (exact) mass is 610 g/mol. The number of allylic oxidation sites excluding steroid dienone is 4. The second-order valence-electron chi connectivity index (χ2n) is 12.3. The van der Waals surface area contributed by atoms with Crippen LogP contribution in [-0.2, 0) is 0 Å². The van der Waals surface area contributed by atoms with Gasteiger partial charge in [0.05, 0.1) is 0 Å². The first-order valence-corrected chi connectivity index (χ1v) is 19.9. The van der Waals surface area contributed by atoms with Crippen molar-refractivity contribution in [2.75, 3.05) is 0 Å². The Kier molecular flexibility index (Phi) is 7.93. The lowest BCUT2D eigenvalue weighted by Gasteiger charge is -2.48. The van der Waals surface area contributed by atoms with Crippen molar-refractivity contribution in [1.82, 2.24) is 0 Å². The molecule has 0 nitrogen and oxygen atoms in total. The molecule has 2 heteroatoms. The number of hydrogen-bond acceptors (Lipinski definition) is 0. The largest absolute Gasteiger partial charge is 0.179 e. The maximum Gasteiger partial charge on any atom is 0.179 e. The molecule has 1 unspecified atom stereocenters. The topological polar surface area (TPSA) is 0 Å². The zero-order valence-corrected chi connectivity index (χ0v) is 27.8. The quantitative estimate of drug-likeness (QED) is 0.151. The average Bonchev–Trinajstić information content (AvgIpc) is 3.12. The lowest BCUT2D eigenvalue weighted by molar-refractivity contribution is 0.739. The third-order valence-corrected chi connectivity index (χ3v) is 20.3. The fourth-order valence-electron chi connectivity index (χ4n) is 7.92. The number of benzene rings is 6. The van der Waals surface area contributed by atoms with Crippen molar-refractivity contribution < 1.29 is 0 Å². The van der Waals surface area contributed by atoms with Crippen LogP contribution in [0.5, 0.6) is 0 Å². The maximum atomic E-state index is 2.63. The summed E-state index contributed by atoms with van der Waals surface area (Å²) in [5, 5.41) is 9.91. The van der Waals surface area contributed by atoms with Gasteiger partial charge in [-0.2, -0.15) is 0 Å². The maximum absolute atomic E-state index is 2.70. The zero-order valence-electron chi connectivity index (χ0n) is 25.8. The molecule has 0 bridgehead atoms. The summed E-state index contributed by atoms with van der Waals surface area (Å²) in [5.74, 6) is 0. The van der Waals surface area contributed by atoms with Crippen LogP contribution in [-0.4, -0.2) is 16.1 Å². The van der Waals surface area contributed by atoms with Gasteiger partial charge in [0.2, 0.25) is 0 Å². The summed E-state index contributed by atoms with van der Waals surface area (Å²) in [6, 6.07) is 66.4. The van der Waals surface area contributed by atoms with Gasteiger partial charge in [-0.25, -0.2) is 0 Å². The Bertz CT molecular complexity index is 1780. The summed E-state index contributed by atoms with van der Waals surface area (Å²) in [6.45, 7) is 2.50. The van der Waals surface area contributed by atoms with Crippen LogP contribution >= 0.6 is 0 Å². The highest BCUT2D eigenvalue weighted by Crippen LogP contribution is 2.44. The van der Waals surface area contributed by atoms with Crippen LogP contribution in [0.25, 0.3) is 0 Å². The summed E-state index contributed by atoms with van der Waals surface area (Å²) < 4.78 is 0. The van der Waals surface area contributed by atoms with Crippen LogP contribution in [0.1, 0.15) is 13.3 Å². The Morgan fingerprint density at radius 2 is 0.778 bits per heavy atom. The summed E-state index contributed by atoms with van der Waals surface area (Å²) in [6.07, 6.45) is 10.4.